The molecule has 0 atom stereocenters. The monoisotopic (exact) mass is 487 g/mol. The molecule has 0 radical (unpaired) electrons. The topological polar surface area (TPSA) is 109 Å². The molecule has 1 heterocycles. The third kappa shape index (κ3) is 4.97. The standard InChI is InChI=1S/C20H20F3N3O6S/c1-5-33(27,28)11-6-7-14(32-20(21,22)23)12(8-11)26-19-16-13(24-10-25-19)9-15(29-2)17(30-3)18(16)31-4/h6-10H,5H2,1-4H3,(H,24,25,26). The Kier molecular flexibility index (Phi) is 6.72. The highest BCUT2D eigenvalue weighted by molar-refractivity contribution is 7.91. The molecular formula is C20H20F3N3O6S. The fourth-order valence-electron chi connectivity index (χ4n) is 3.09. The number of hydrogen-bond acceptors (Lipinski definition) is 9. The molecule has 0 bridgehead atoms. The van der Waals surface area contributed by atoms with Crippen LogP contribution in [0.15, 0.2) is 35.5 Å². The molecule has 0 saturated heterocycles. The molecule has 0 spiro atoms. The van der Waals surface area contributed by atoms with Gasteiger partial charge in [-0.25, -0.2) is 18.4 Å². The first-order valence-corrected chi connectivity index (χ1v) is 11.0. The number of ether oxygens (including phenoxy) is 4. The predicted octanol–water partition coefficient (Wildman–Crippen LogP) is 4.09. The molecule has 33 heavy (non-hydrogen) atoms. The molecule has 3 rings (SSSR count). The van der Waals surface area contributed by atoms with Crippen molar-refractivity contribution in [3.05, 3.63) is 30.6 Å². The lowest BCUT2D eigenvalue weighted by atomic mass is 10.1. The minimum atomic E-state index is -5.01. The smallest absolute Gasteiger partial charge is 0.493 e. The van der Waals surface area contributed by atoms with Gasteiger partial charge < -0.3 is 24.3 Å². The van der Waals surface area contributed by atoms with Crippen molar-refractivity contribution < 1.29 is 40.5 Å². The average Bonchev–Trinajstić information content (AvgIpc) is 2.77. The molecule has 1 aromatic heterocycles. The third-order valence-corrected chi connectivity index (χ3v) is 6.33. The van der Waals surface area contributed by atoms with Crippen molar-refractivity contribution in [3.8, 4) is 23.0 Å². The minimum Gasteiger partial charge on any atom is -0.493 e. The molecule has 3 aromatic rings. The van der Waals surface area contributed by atoms with Gasteiger partial charge in [0.1, 0.15) is 12.1 Å². The SMILES string of the molecule is CCS(=O)(=O)c1ccc(OC(F)(F)F)c(Nc2ncnc3cc(OC)c(OC)c(OC)c23)c1. The van der Waals surface area contributed by atoms with Crippen molar-refractivity contribution in [1.82, 2.24) is 9.97 Å². The highest BCUT2D eigenvalue weighted by atomic mass is 32.2. The summed E-state index contributed by atoms with van der Waals surface area (Å²) in [5, 5.41) is 2.98. The minimum absolute atomic E-state index is 0.0240. The van der Waals surface area contributed by atoms with E-state index in [0.29, 0.717) is 11.3 Å². The van der Waals surface area contributed by atoms with Gasteiger partial charge >= 0.3 is 6.36 Å². The van der Waals surface area contributed by atoms with Gasteiger partial charge in [-0.15, -0.1) is 13.2 Å². The van der Waals surface area contributed by atoms with E-state index in [2.05, 4.69) is 20.0 Å². The normalized spacial score (nSPS) is 11.8. The van der Waals surface area contributed by atoms with E-state index in [1.807, 2.05) is 0 Å². The van der Waals surface area contributed by atoms with Crippen LogP contribution in [0.25, 0.3) is 10.9 Å². The Hall–Kier alpha value is -3.48. The summed E-state index contributed by atoms with van der Waals surface area (Å²) < 4.78 is 83.7. The number of aromatic nitrogens is 2. The third-order valence-electron chi connectivity index (χ3n) is 4.60. The maximum absolute atomic E-state index is 13.0. The second-order valence-electron chi connectivity index (χ2n) is 6.50. The lowest BCUT2D eigenvalue weighted by molar-refractivity contribution is -0.274. The molecule has 0 aliphatic rings. The Morgan fingerprint density at radius 2 is 1.67 bits per heavy atom. The van der Waals surface area contributed by atoms with Crippen molar-refractivity contribution in [2.45, 2.75) is 18.2 Å². The maximum Gasteiger partial charge on any atom is 0.573 e. The number of alkyl halides is 3. The lowest BCUT2D eigenvalue weighted by Crippen LogP contribution is -2.18. The van der Waals surface area contributed by atoms with Crippen LogP contribution in [0.1, 0.15) is 6.92 Å². The Morgan fingerprint density at radius 1 is 0.970 bits per heavy atom. The zero-order valence-electron chi connectivity index (χ0n) is 18.0. The van der Waals surface area contributed by atoms with Gasteiger partial charge in [0.05, 0.1) is 48.6 Å². The lowest BCUT2D eigenvalue weighted by Gasteiger charge is -2.18. The van der Waals surface area contributed by atoms with E-state index < -0.39 is 21.9 Å². The number of benzene rings is 2. The van der Waals surface area contributed by atoms with Gasteiger partial charge in [0.25, 0.3) is 0 Å². The van der Waals surface area contributed by atoms with E-state index in [0.717, 1.165) is 18.2 Å². The second kappa shape index (κ2) is 9.17. The summed E-state index contributed by atoms with van der Waals surface area (Å²) >= 11 is 0. The fraction of sp³-hybridized carbons (Fsp3) is 0.300. The predicted molar refractivity (Wildman–Crippen MR) is 113 cm³/mol. The van der Waals surface area contributed by atoms with Crippen molar-refractivity contribution in [2.75, 3.05) is 32.4 Å². The van der Waals surface area contributed by atoms with Gasteiger partial charge in [0.15, 0.2) is 27.1 Å². The van der Waals surface area contributed by atoms with Crippen molar-refractivity contribution >= 4 is 32.2 Å². The number of rotatable bonds is 8. The van der Waals surface area contributed by atoms with Crippen LogP contribution in [0.5, 0.6) is 23.0 Å². The van der Waals surface area contributed by atoms with E-state index in [1.54, 1.807) is 0 Å². The van der Waals surface area contributed by atoms with Crippen molar-refractivity contribution in [2.24, 2.45) is 0 Å². The van der Waals surface area contributed by atoms with E-state index in [9.17, 15) is 21.6 Å². The van der Waals surface area contributed by atoms with Crippen molar-refractivity contribution in [1.29, 1.82) is 0 Å². The van der Waals surface area contributed by atoms with Gasteiger partial charge in [0.2, 0.25) is 5.75 Å². The van der Waals surface area contributed by atoms with E-state index >= 15 is 0 Å². The van der Waals surface area contributed by atoms with Gasteiger partial charge in [-0.05, 0) is 18.2 Å². The molecule has 2 aromatic carbocycles. The molecule has 1 N–H and O–H groups in total. The number of nitrogens with one attached hydrogen (secondary N) is 1. The van der Waals surface area contributed by atoms with E-state index in [4.69, 9.17) is 14.2 Å². The zero-order chi connectivity index (χ0) is 24.4. The summed E-state index contributed by atoms with van der Waals surface area (Å²) in [6, 6.07) is 4.54. The fourth-order valence-corrected chi connectivity index (χ4v) is 4.00. The summed E-state index contributed by atoms with van der Waals surface area (Å²) in [4.78, 5) is 8.07. The number of methoxy groups -OCH3 is 3. The van der Waals surface area contributed by atoms with Crippen molar-refractivity contribution in [3.63, 3.8) is 0 Å². The number of halogens is 3. The maximum atomic E-state index is 13.0. The molecule has 0 aliphatic heterocycles. The number of fused-ring (bicyclic) bond motifs is 1. The molecule has 0 amide bonds. The zero-order valence-corrected chi connectivity index (χ0v) is 18.8. The molecule has 13 heteroatoms. The largest absolute Gasteiger partial charge is 0.573 e. The van der Waals surface area contributed by atoms with Gasteiger partial charge in [-0.3, -0.25) is 0 Å². The average molecular weight is 487 g/mol. The molecule has 9 nitrogen and oxygen atoms in total. The summed E-state index contributed by atoms with van der Waals surface area (Å²) in [6.45, 7) is 1.42. The summed E-state index contributed by atoms with van der Waals surface area (Å²) in [5.74, 6) is -0.194. The van der Waals surface area contributed by atoms with Crippen LogP contribution in [0.4, 0.5) is 24.7 Å². The van der Waals surface area contributed by atoms with Crippen LogP contribution in [0, 0.1) is 0 Å². The van der Waals surface area contributed by atoms with Crippen LogP contribution in [-0.2, 0) is 9.84 Å². The first-order chi connectivity index (χ1) is 15.5. The second-order valence-corrected chi connectivity index (χ2v) is 8.77. The van der Waals surface area contributed by atoms with Gasteiger partial charge in [-0.2, -0.15) is 0 Å². The number of sulfone groups is 1. The highest BCUT2D eigenvalue weighted by Crippen LogP contribution is 2.46. The summed E-state index contributed by atoms with van der Waals surface area (Å²) in [6.07, 6.45) is -3.84. The van der Waals surface area contributed by atoms with Gasteiger partial charge in [0, 0.05) is 6.07 Å². The first kappa shape index (κ1) is 24.2. The summed E-state index contributed by atoms with van der Waals surface area (Å²) in [7, 11) is 0.449. The van der Waals surface area contributed by atoms with Crippen LogP contribution in [-0.4, -0.2) is 51.8 Å². The summed E-state index contributed by atoms with van der Waals surface area (Å²) in [5.41, 5.74) is 0.0521. The Labute approximate surface area is 187 Å². The van der Waals surface area contributed by atoms with E-state index in [-0.39, 0.29) is 39.0 Å². The van der Waals surface area contributed by atoms with Crippen LogP contribution in [0.3, 0.4) is 0 Å². The molecular weight excluding hydrogens is 467 g/mol. The number of nitrogens with zero attached hydrogens (tertiary/aromatic N) is 2. The quantitative estimate of drug-likeness (QED) is 0.502. The Balaban J connectivity index is 2.25. The van der Waals surface area contributed by atoms with Crippen LogP contribution in [0.2, 0.25) is 0 Å². The Morgan fingerprint density at radius 3 is 2.24 bits per heavy atom. The number of hydrogen-bond donors (Lipinski definition) is 1. The first-order valence-electron chi connectivity index (χ1n) is 9.37. The molecule has 0 saturated carbocycles. The van der Waals surface area contributed by atoms with E-state index in [1.165, 1.54) is 40.6 Å². The molecule has 0 aliphatic carbocycles. The van der Waals surface area contributed by atoms with Crippen LogP contribution >= 0.6 is 0 Å². The molecule has 0 fully saturated rings. The Bertz CT molecular complexity index is 1280. The molecule has 178 valence electrons. The highest BCUT2D eigenvalue weighted by Gasteiger charge is 2.33. The molecule has 0 unspecified atom stereocenters. The van der Waals surface area contributed by atoms with Crippen LogP contribution < -0.4 is 24.3 Å². The number of anilines is 2. The van der Waals surface area contributed by atoms with Gasteiger partial charge in [-0.1, -0.05) is 6.92 Å².